The summed E-state index contributed by atoms with van der Waals surface area (Å²) in [5, 5.41) is 10.1. The highest BCUT2D eigenvalue weighted by Crippen LogP contribution is 2.39. The van der Waals surface area contributed by atoms with E-state index in [0.717, 1.165) is 29.9 Å². The quantitative estimate of drug-likeness (QED) is 0.931. The van der Waals surface area contributed by atoms with Crippen LogP contribution < -0.4 is 9.47 Å². The highest BCUT2D eigenvalue weighted by Gasteiger charge is 2.33. The maximum Gasteiger partial charge on any atom is 0.276 e. The van der Waals surface area contributed by atoms with Crippen molar-refractivity contribution < 1.29 is 14.3 Å². The van der Waals surface area contributed by atoms with Gasteiger partial charge in [-0.15, -0.1) is 0 Å². The summed E-state index contributed by atoms with van der Waals surface area (Å²) >= 11 is 0. The maximum absolute atomic E-state index is 12.6. The largest absolute Gasteiger partial charge is 0.497 e. The molecule has 22 heavy (non-hydrogen) atoms. The molecule has 1 amide bonds. The van der Waals surface area contributed by atoms with Gasteiger partial charge in [-0.2, -0.15) is 15.4 Å². The van der Waals surface area contributed by atoms with Crippen LogP contribution in [0.3, 0.4) is 0 Å². The molecule has 1 aliphatic rings. The molecule has 1 fully saturated rings. The first kappa shape index (κ1) is 14.4. The van der Waals surface area contributed by atoms with Crippen molar-refractivity contribution >= 4 is 5.91 Å². The van der Waals surface area contributed by atoms with Gasteiger partial charge in [-0.1, -0.05) is 0 Å². The topological polar surface area (TPSA) is 80.3 Å². The number of likely N-dealkylation sites (tertiary alicyclic amines) is 1. The van der Waals surface area contributed by atoms with E-state index in [1.54, 1.807) is 14.2 Å². The van der Waals surface area contributed by atoms with Crippen molar-refractivity contribution in [2.45, 2.75) is 18.9 Å². The smallest absolute Gasteiger partial charge is 0.276 e. The summed E-state index contributed by atoms with van der Waals surface area (Å²) in [6.45, 7) is 0.700. The number of aromatic amines is 1. The Morgan fingerprint density at radius 1 is 1.36 bits per heavy atom. The number of ether oxygens (including phenoxy) is 2. The highest BCUT2D eigenvalue weighted by atomic mass is 16.5. The second kappa shape index (κ2) is 6.05. The van der Waals surface area contributed by atoms with Crippen molar-refractivity contribution in [2.75, 3.05) is 20.8 Å². The lowest BCUT2D eigenvalue weighted by atomic mass is 10.0. The molecule has 1 atom stereocenters. The number of rotatable bonds is 4. The van der Waals surface area contributed by atoms with E-state index in [0.29, 0.717) is 12.2 Å². The number of nitrogens with zero attached hydrogens (tertiary/aromatic N) is 3. The minimum Gasteiger partial charge on any atom is -0.497 e. The van der Waals surface area contributed by atoms with E-state index in [4.69, 9.17) is 9.47 Å². The first-order chi connectivity index (χ1) is 10.7. The van der Waals surface area contributed by atoms with Gasteiger partial charge in [0, 0.05) is 18.2 Å². The second-order valence-electron chi connectivity index (χ2n) is 5.12. The van der Waals surface area contributed by atoms with Crippen LogP contribution in [0.25, 0.3) is 0 Å². The van der Waals surface area contributed by atoms with Crippen LogP contribution >= 0.6 is 0 Å². The Bertz CT molecular complexity index is 657. The molecule has 7 nitrogen and oxygen atoms in total. The van der Waals surface area contributed by atoms with E-state index in [1.165, 1.54) is 6.20 Å². The van der Waals surface area contributed by atoms with Crippen molar-refractivity contribution in [1.29, 1.82) is 0 Å². The maximum atomic E-state index is 12.6. The van der Waals surface area contributed by atoms with Gasteiger partial charge in [-0.05, 0) is 25.0 Å². The Morgan fingerprint density at radius 3 is 2.91 bits per heavy atom. The van der Waals surface area contributed by atoms with Crippen LogP contribution in [0, 0.1) is 0 Å². The standard InChI is InChI=1S/C15H18N4O3/c1-21-10-5-6-11(14(8-10)22-2)13-4-3-7-19(13)15(20)12-9-16-18-17-12/h5-6,8-9,13H,3-4,7H2,1-2H3,(H,16,17,18)/t13-/m1/s1. The summed E-state index contributed by atoms with van der Waals surface area (Å²) in [6.07, 6.45) is 3.29. The molecular weight excluding hydrogens is 284 g/mol. The fraction of sp³-hybridized carbons (Fsp3) is 0.400. The zero-order valence-electron chi connectivity index (χ0n) is 12.6. The molecule has 0 bridgehead atoms. The molecule has 0 radical (unpaired) electrons. The third-order valence-corrected chi connectivity index (χ3v) is 3.95. The Labute approximate surface area is 128 Å². The molecular formula is C15H18N4O3. The molecule has 116 valence electrons. The third-order valence-electron chi connectivity index (χ3n) is 3.95. The molecule has 1 aliphatic heterocycles. The fourth-order valence-electron chi connectivity index (χ4n) is 2.88. The van der Waals surface area contributed by atoms with E-state index < -0.39 is 0 Å². The summed E-state index contributed by atoms with van der Waals surface area (Å²) < 4.78 is 10.7. The van der Waals surface area contributed by atoms with Crippen LogP contribution in [0.15, 0.2) is 24.4 Å². The third kappa shape index (κ3) is 2.49. The number of nitrogens with one attached hydrogen (secondary N) is 1. The number of hydrogen-bond acceptors (Lipinski definition) is 5. The number of carbonyl (C=O) groups is 1. The van der Waals surface area contributed by atoms with Crippen molar-refractivity contribution in [3.8, 4) is 11.5 Å². The number of aromatic nitrogens is 3. The van der Waals surface area contributed by atoms with Gasteiger partial charge in [-0.3, -0.25) is 4.79 Å². The van der Waals surface area contributed by atoms with Gasteiger partial charge in [0.15, 0.2) is 5.69 Å². The van der Waals surface area contributed by atoms with Crippen LogP contribution in [0.4, 0.5) is 0 Å². The Kier molecular flexibility index (Phi) is 3.95. The number of methoxy groups -OCH3 is 2. The normalized spacial score (nSPS) is 17.5. The Morgan fingerprint density at radius 2 is 2.23 bits per heavy atom. The first-order valence-corrected chi connectivity index (χ1v) is 7.13. The van der Waals surface area contributed by atoms with E-state index in [2.05, 4.69) is 15.4 Å². The van der Waals surface area contributed by atoms with Gasteiger partial charge in [0.1, 0.15) is 11.5 Å². The SMILES string of the molecule is COc1ccc([C@H]2CCCN2C(=O)c2cn[nH]n2)c(OC)c1. The van der Waals surface area contributed by atoms with Gasteiger partial charge >= 0.3 is 0 Å². The highest BCUT2D eigenvalue weighted by molar-refractivity contribution is 5.92. The predicted molar refractivity (Wildman–Crippen MR) is 78.9 cm³/mol. The molecule has 2 heterocycles. The minimum absolute atomic E-state index is 0.0231. The average molecular weight is 302 g/mol. The molecule has 3 rings (SSSR count). The second-order valence-corrected chi connectivity index (χ2v) is 5.12. The van der Waals surface area contributed by atoms with Crippen molar-refractivity contribution in [1.82, 2.24) is 20.3 Å². The summed E-state index contributed by atoms with van der Waals surface area (Å²) in [6, 6.07) is 5.66. The van der Waals surface area contributed by atoms with Crippen molar-refractivity contribution in [2.24, 2.45) is 0 Å². The monoisotopic (exact) mass is 302 g/mol. The van der Waals surface area contributed by atoms with Crippen LogP contribution in [0.2, 0.25) is 0 Å². The molecule has 0 spiro atoms. The Hall–Kier alpha value is -2.57. The predicted octanol–water partition coefficient (Wildman–Crippen LogP) is 1.80. The van der Waals surface area contributed by atoms with Gasteiger partial charge in [0.2, 0.25) is 0 Å². The zero-order valence-corrected chi connectivity index (χ0v) is 12.6. The summed E-state index contributed by atoms with van der Waals surface area (Å²) in [7, 11) is 3.24. The van der Waals surface area contributed by atoms with Crippen LogP contribution in [0.5, 0.6) is 11.5 Å². The summed E-state index contributed by atoms with van der Waals surface area (Å²) in [5.41, 5.74) is 1.32. The van der Waals surface area contributed by atoms with E-state index in [1.807, 2.05) is 23.1 Å². The van der Waals surface area contributed by atoms with E-state index >= 15 is 0 Å². The van der Waals surface area contributed by atoms with E-state index in [-0.39, 0.29) is 11.9 Å². The van der Waals surface area contributed by atoms with E-state index in [9.17, 15) is 4.79 Å². The molecule has 0 aliphatic carbocycles. The molecule has 2 aromatic rings. The van der Waals surface area contributed by atoms with Crippen LogP contribution in [-0.2, 0) is 0 Å². The van der Waals surface area contributed by atoms with Gasteiger partial charge < -0.3 is 14.4 Å². The van der Waals surface area contributed by atoms with Gasteiger partial charge in [0.25, 0.3) is 5.91 Å². The van der Waals surface area contributed by atoms with Gasteiger partial charge in [-0.25, -0.2) is 0 Å². The number of benzene rings is 1. The average Bonchev–Trinajstić information content (AvgIpc) is 3.24. The lowest BCUT2D eigenvalue weighted by Gasteiger charge is -2.25. The number of amides is 1. The van der Waals surface area contributed by atoms with Gasteiger partial charge in [0.05, 0.1) is 26.5 Å². The lowest BCUT2D eigenvalue weighted by Crippen LogP contribution is -2.31. The Balaban J connectivity index is 1.91. The molecule has 1 saturated heterocycles. The minimum atomic E-state index is -0.117. The molecule has 0 saturated carbocycles. The number of carbonyl (C=O) groups excluding carboxylic acids is 1. The summed E-state index contributed by atoms with van der Waals surface area (Å²) in [4.78, 5) is 14.4. The van der Waals surface area contributed by atoms with Crippen LogP contribution in [-0.4, -0.2) is 47.0 Å². The molecule has 7 heteroatoms. The summed E-state index contributed by atoms with van der Waals surface area (Å²) in [5.74, 6) is 1.34. The van der Waals surface area contributed by atoms with Crippen LogP contribution in [0.1, 0.15) is 34.9 Å². The van der Waals surface area contributed by atoms with Crippen molar-refractivity contribution in [3.63, 3.8) is 0 Å². The molecule has 1 N–H and O–H groups in total. The zero-order chi connectivity index (χ0) is 15.5. The fourth-order valence-corrected chi connectivity index (χ4v) is 2.88. The number of hydrogen-bond donors (Lipinski definition) is 1. The number of H-pyrrole nitrogens is 1. The first-order valence-electron chi connectivity index (χ1n) is 7.13. The lowest BCUT2D eigenvalue weighted by molar-refractivity contribution is 0.0728. The van der Waals surface area contributed by atoms with Crippen molar-refractivity contribution in [3.05, 3.63) is 35.7 Å². The molecule has 1 aromatic heterocycles. The molecule has 0 unspecified atom stereocenters. The molecule has 1 aromatic carbocycles.